The molecule has 2 aromatic heterocycles. The van der Waals surface area contributed by atoms with Crippen LogP contribution < -0.4 is 16.4 Å². The van der Waals surface area contributed by atoms with Gasteiger partial charge in [-0.2, -0.15) is 9.61 Å². The van der Waals surface area contributed by atoms with Gasteiger partial charge in [-0.05, 0) is 30.7 Å². The smallest absolute Gasteiger partial charge is 0.247 e. The quantitative estimate of drug-likeness (QED) is 0.589. The Labute approximate surface area is 159 Å². The topological polar surface area (TPSA) is 97.3 Å². The van der Waals surface area contributed by atoms with Crippen LogP contribution in [0.15, 0.2) is 49.2 Å². The van der Waals surface area contributed by atoms with E-state index in [1.165, 1.54) is 12.5 Å². The zero-order valence-corrected chi connectivity index (χ0v) is 16.0. The second-order valence-electron chi connectivity index (χ2n) is 5.93. The Hall–Kier alpha value is -3.35. The molecule has 1 amide bonds. The number of nitrogens with one attached hydrogen (secondary N) is 2. The Morgan fingerprint density at radius 1 is 1.26 bits per heavy atom. The van der Waals surface area contributed by atoms with Gasteiger partial charge < -0.3 is 16.4 Å². The number of anilines is 4. The van der Waals surface area contributed by atoms with Crippen LogP contribution in [-0.4, -0.2) is 20.5 Å². The molecule has 27 heavy (non-hydrogen) atoms. The van der Waals surface area contributed by atoms with Gasteiger partial charge in [-0.1, -0.05) is 39.8 Å². The summed E-state index contributed by atoms with van der Waals surface area (Å²) in [6.45, 7) is 9.73. The van der Waals surface area contributed by atoms with Crippen LogP contribution in [0.2, 0.25) is 0 Å². The van der Waals surface area contributed by atoms with Gasteiger partial charge in [-0.25, -0.2) is 4.98 Å². The monoisotopic (exact) mass is 366 g/mol. The van der Waals surface area contributed by atoms with E-state index >= 15 is 0 Å². The van der Waals surface area contributed by atoms with Crippen molar-refractivity contribution in [3.8, 4) is 0 Å². The first-order valence-corrected chi connectivity index (χ1v) is 8.95. The zero-order valence-electron chi connectivity index (χ0n) is 16.0. The summed E-state index contributed by atoms with van der Waals surface area (Å²) in [6, 6.07) is 9.05. The molecule has 1 aromatic carbocycles. The van der Waals surface area contributed by atoms with E-state index in [1.54, 1.807) is 22.8 Å². The third-order valence-electron chi connectivity index (χ3n) is 3.53. The van der Waals surface area contributed by atoms with Crippen LogP contribution in [0.4, 0.5) is 23.0 Å². The lowest BCUT2D eigenvalue weighted by atomic mass is 10.2. The number of benzene rings is 1. The molecule has 4 N–H and O–H groups in total. The highest BCUT2D eigenvalue weighted by molar-refractivity contribution is 5.99. The number of nitrogens with zero attached hydrogens (tertiary/aromatic N) is 3. The number of rotatable bonds is 5. The van der Waals surface area contributed by atoms with Gasteiger partial charge in [-0.3, -0.25) is 4.79 Å². The fourth-order valence-corrected chi connectivity index (χ4v) is 2.38. The summed E-state index contributed by atoms with van der Waals surface area (Å²) in [5.41, 5.74) is 9.13. The SMILES string of the molecule is C=CC(=O)Nc1cccc(Nc2cc(N)nc3c(CC)cnn23)c1.CCC. The predicted octanol–water partition coefficient (Wildman–Crippen LogP) is 4.16. The molecule has 0 aliphatic rings. The van der Waals surface area contributed by atoms with Crippen LogP contribution in [0, 0.1) is 0 Å². The summed E-state index contributed by atoms with van der Waals surface area (Å²) in [4.78, 5) is 15.8. The lowest BCUT2D eigenvalue weighted by Crippen LogP contribution is -2.08. The van der Waals surface area contributed by atoms with Gasteiger partial charge in [0.05, 0.1) is 6.20 Å². The van der Waals surface area contributed by atoms with E-state index in [0.717, 1.165) is 23.3 Å². The fourth-order valence-electron chi connectivity index (χ4n) is 2.38. The van der Waals surface area contributed by atoms with Crippen LogP contribution >= 0.6 is 0 Å². The molecule has 0 aliphatic carbocycles. The van der Waals surface area contributed by atoms with Crippen molar-refractivity contribution in [2.45, 2.75) is 33.6 Å². The predicted molar refractivity (Wildman–Crippen MR) is 111 cm³/mol. The highest BCUT2D eigenvalue weighted by Gasteiger charge is 2.10. The average molecular weight is 366 g/mol. The number of hydrogen-bond acceptors (Lipinski definition) is 5. The minimum absolute atomic E-state index is 0.262. The molecule has 0 atom stereocenters. The van der Waals surface area contributed by atoms with Gasteiger partial charge in [0.15, 0.2) is 5.65 Å². The first-order chi connectivity index (χ1) is 13.0. The molecule has 0 unspecified atom stereocenters. The normalized spacial score (nSPS) is 10.0. The van der Waals surface area contributed by atoms with E-state index in [0.29, 0.717) is 17.3 Å². The lowest BCUT2D eigenvalue weighted by molar-refractivity contribution is -0.111. The molecule has 3 rings (SSSR count). The molecule has 0 spiro atoms. The molecule has 142 valence electrons. The Bertz CT molecular complexity index is 931. The maximum absolute atomic E-state index is 11.4. The Balaban J connectivity index is 0.000000817. The van der Waals surface area contributed by atoms with Crippen LogP contribution in [-0.2, 0) is 11.2 Å². The minimum Gasteiger partial charge on any atom is -0.384 e. The highest BCUT2D eigenvalue weighted by Crippen LogP contribution is 2.23. The number of amides is 1. The molecule has 0 saturated heterocycles. The zero-order chi connectivity index (χ0) is 19.8. The summed E-state index contributed by atoms with van der Waals surface area (Å²) in [7, 11) is 0. The lowest BCUT2D eigenvalue weighted by Gasteiger charge is -2.11. The highest BCUT2D eigenvalue weighted by atomic mass is 16.1. The molecule has 0 fully saturated rings. The van der Waals surface area contributed by atoms with Crippen molar-refractivity contribution in [1.29, 1.82) is 0 Å². The van der Waals surface area contributed by atoms with E-state index in [9.17, 15) is 4.79 Å². The molecular formula is C20H26N6O. The second-order valence-corrected chi connectivity index (χ2v) is 5.93. The van der Waals surface area contributed by atoms with Crippen molar-refractivity contribution < 1.29 is 4.79 Å². The number of hydrogen-bond donors (Lipinski definition) is 3. The van der Waals surface area contributed by atoms with Gasteiger partial charge in [0, 0.05) is 23.0 Å². The maximum Gasteiger partial charge on any atom is 0.247 e. The van der Waals surface area contributed by atoms with Gasteiger partial charge in [0.25, 0.3) is 0 Å². The molecule has 0 saturated carbocycles. The van der Waals surface area contributed by atoms with E-state index in [2.05, 4.69) is 41.1 Å². The second kappa shape index (κ2) is 9.38. The number of fused-ring (bicyclic) bond motifs is 1. The number of aryl methyl sites for hydroxylation is 1. The summed E-state index contributed by atoms with van der Waals surface area (Å²) >= 11 is 0. The van der Waals surface area contributed by atoms with Crippen LogP contribution in [0.25, 0.3) is 5.65 Å². The standard InChI is InChI=1S/C17H18N6O.C3H8/c1-3-11-10-19-23-15(9-14(18)22-17(11)23)20-12-6-5-7-13(8-12)21-16(24)4-2;1-3-2/h4-10,20H,2-3H2,1H3,(H2,18,22)(H,21,24);3H2,1-2H3. The molecule has 0 aliphatic heterocycles. The summed E-state index contributed by atoms with van der Waals surface area (Å²) in [5, 5.41) is 10.3. The fraction of sp³-hybridized carbons (Fsp3) is 0.250. The number of carbonyl (C=O) groups is 1. The molecule has 0 bridgehead atoms. The Kier molecular flexibility index (Phi) is 6.93. The van der Waals surface area contributed by atoms with Crippen molar-refractivity contribution in [1.82, 2.24) is 14.6 Å². The third kappa shape index (κ3) is 5.07. The first kappa shape index (κ1) is 20.0. The molecule has 3 aromatic rings. The third-order valence-corrected chi connectivity index (χ3v) is 3.53. The molecule has 2 heterocycles. The Morgan fingerprint density at radius 3 is 2.63 bits per heavy atom. The average Bonchev–Trinajstić information content (AvgIpc) is 3.05. The number of nitrogens with two attached hydrogens (primary N) is 1. The van der Waals surface area contributed by atoms with Crippen molar-refractivity contribution in [3.63, 3.8) is 0 Å². The van der Waals surface area contributed by atoms with Crippen molar-refractivity contribution in [2.75, 3.05) is 16.4 Å². The molecular weight excluding hydrogens is 340 g/mol. The number of aromatic nitrogens is 3. The first-order valence-electron chi connectivity index (χ1n) is 8.95. The minimum atomic E-state index is -0.262. The number of carbonyl (C=O) groups excluding carboxylic acids is 1. The van der Waals surface area contributed by atoms with Crippen molar-refractivity contribution in [2.24, 2.45) is 0 Å². The van der Waals surface area contributed by atoms with Gasteiger partial charge in [-0.15, -0.1) is 0 Å². The van der Waals surface area contributed by atoms with Crippen molar-refractivity contribution >= 4 is 34.6 Å². The molecule has 0 radical (unpaired) electrons. The largest absolute Gasteiger partial charge is 0.384 e. The van der Waals surface area contributed by atoms with Crippen molar-refractivity contribution in [3.05, 3.63) is 54.7 Å². The number of nitrogen functional groups attached to an aromatic ring is 1. The molecule has 7 nitrogen and oxygen atoms in total. The van der Waals surface area contributed by atoms with Crippen LogP contribution in [0.5, 0.6) is 0 Å². The summed E-state index contributed by atoms with van der Waals surface area (Å²) < 4.78 is 1.71. The van der Waals surface area contributed by atoms with Gasteiger partial charge in [0.2, 0.25) is 5.91 Å². The van der Waals surface area contributed by atoms with E-state index in [4.69, 9.17) is 5.73 Å². The van der Waals surface area contributed by atoms with Crippen LogP contribution in [0.3, 0.4) is 0 Å². The van der Waals surface area contributed by atoms with Crippen LogP contribution in [0.1, 0.15) is 32.8 Å². The van der Waals surface area contributed by atoms with E-state index < -0.39 is 0 Å². The van der Waals surface area contributed by atoms with Gasteiger partial charge in [0.1, 0.15) is 11.6 Å². The van der Waals surface area contributed by atoms with E-state index in [-0.39, 0.29) is 5.91 Å². The van der Waals surface area contributed by atoms with E-state index in [1.807, 2.05) is 25.1 Å². The molecule has 7 heteroatoms. The summed E-state index contributed by atoms with van der Waals surface area (Å²) in [5.74, 6) is 0.850. The maximum atomic E-state index is 11.4. The van der Waals surface area contributed by atoms with Gasteiger partial charge >= 0.3 is 0 Å². The summed E-state index contributed by atoms with van der Waals surface area (Å²) in [6.07, 6.45) is 5.08. The Morgan fingerprint density at radius 2 is 1.96 bits per heavy atom.